The Bertz CT molecular complexity index is 883. The van der Waals surface area contributed by atoms with E-state index in [0.717, 1.165) is 0 Å². The third-order valence-electron chi connectivity index (χ3n) is 4.24. The number of hydrogen-bond acceptors (Lipinski definition) is 6. The van der Waals surface area contributed by atoms with Gasteiger partial charge in [0, 0.05) is 11.3 Å². The van der Waals surface area contributed by atoms with E-state index in [1.54, 1.807) is 45.9 Å². The molecule has 0 fully saturated rings. The van der Waals surface area contributed by atoms with E-state index in [2.05, 4.69) is 4.98 Å². The van der Waals surface area contributed by atoms with Gasteiger partial charge in [-0.25, -0.2) is 4.79 Å². The van der Waals surface area contributed by atoms with Crippen LogP contribution in [-0.2, 0) is 4.74 Å². The molecule has 2 aromatic rings. The highest BCUT2D eigenvalue weighted by molar-refractivity contribution is 6.03. The van der Waals surface area contributed by atoms with Crippen LogP contribution in [-0.4, -0.2) is 42.3 Å². The molecule has 2 rings (SSSR count). The predicted octanol–water partition coefficient (Wildman–Crippen LogP) is 3.67. The molecular formula is C21H25NO6. The van der Waals surface area contributed by atoms with E-state index >= 15 is 0 Å². The fraction of sp³-hybridized carbons (Fsp3) is 0.381. The molecule has 0 aliphatic heterocycles. The van der Waals surface area contributed by atoms with Gasteiger partial charge in [-0.05, 0) is 58.4 Å². The summed E-state index contributed by atoms with van der Waals surface area (Å²) >= 11 is 0. The minimum absolute atomic E-state index is 0.253. The van der Waals surface area contributed by atoms with Gasteiger partial charge < -0.3 is 19.2 Å². The van der Waals surface area contributed by atoms with Crippen LogP contribution in [0.15, 0.2) is 18.2 Å². The molecule has 0 radical (unpaired) electrons. The zero-order valence-electron chi connectivity index (χ0n) is 16.8. The van der Waals surface area contributed by atoms with Crippen LogP contribution in [0.25, 0.3) is 0 Å². The highest BCUT2D eigenvalue weighted by Gasteiger charge is 2.27. The van der Waals surface area contributed by atoms with Crippen LogP contribution >= 0.6 is 0 Å². The number of carbonyl (C=O) groups excluding carboxylic acids is 3. The van der Waals surface area contributed by atoms with E-state index in [0.29, 0.717) is 52.5 Å². The number of aromatic amines is 1. The fourth-order valence-corrected chi connectivity index (χ4v) is 2.92. The number of aldehydes is 1. The summed E-state index contributed by atoms with van der Waals surface area (Å²) in [6, 6.07) is 4.74. The maximum absolute atomic E-state index is 12.9. The summed E-state index contributed by atoms with van der Waals surface area (Å²) in [5.41, 5.74) is 2.21. The van der Waals surface area contributed by atoms with Crippen LogP contribution < -0.4 is 9.47 Å². The first kappa shape index (κ1) is 21.2. The molecule has 0 bridgehead atoms. The van der Waals surface area contributed by atoms with Gasteiger partial charge in [-0.1, -0.05) is 0 Å². The summed E-state index contributed by atoms with van der Waals surface area (Å²) in [5, 5.41) is 0. The number of carbonyl (C=O) groups is 3. The molecule has 0 aliphatic rings. The second-order valence-electron chi connectivity index (χ2n) is 6.23. The summed E-state index contributed by atoms with van der Waals surface area (Å²) in [6.07, 6.45) is -0.129. The molecule has 7 nitrogen and oxygen atoms in total. The molecular weight excluding hydrogens is 362 g/mol. The second kappa shape index (κ2) is 9.21. The number of ether oxygens (including phenoxy) is 3. The molecule has 28 heavy (non-hydrogen) atoms. The topological polar surface area (TPSA) is 94.7 Å². The summed E-state index contributed by atoms with van der Waals surface area (Å²) in [7, 11) is 0. The van der Waals surface area contributed by atoms with Crippen molar-refractivity contribution in [2.24, 2.45) is 0 Å². The number of rotatable bonds is 9. The van der Waals surface area contributed by atoms with Crippen molar-refractivity contribution in [1.29, 1.82) is 0 Å². The lowest BCUT2D eigenvalue weighted by atomic mass is 10.1. The van der Waals surface area contributed by atoms with Gasteiger partial charge >= 0.3 is 5.97 Å². The average molecular weight is 387 g/mol. The van der Waals surface area contributed by atoms with Gasteiger partial charge in [0.05, 0.1) is 24.5 Å². The van der Waals surface area contributed by atoms with Crippen LogP contribution in [0.1, 0.15) is 63.2 Å². The Morgan fingerprint density at radius 3 is 2.46 bits per heavy atom. The fourth-order valence-electron chi connectivity index (χ4n) is 2.92. The van der Waals surface area contributed by atoms with Crippen molar-refractivity contribution in [1.82, 2.24) is 4.98 Å². The Labute approximate surface area is 164 Å². The summed E-state index contributed by atoms with van der Waals surface area (Å²) in [5.74, 6) is -0.0271. The van der Waals surface area contributed by atoms with Crippen LogP contribution in [0.2, 0.25) is 0 Å². The molecule has 1 N–H and O–H groups in total. The molecule has 7 heteroatoms. The Balaban J connectivity index is 2.28. The van der Waals surface area contributed by atoms with E-state index in [1.807, 2.05) is 6.92 Å². The zero-order chi connectivity index (χ0) is 20.8. The number of nitrogens with one attached hydrogen (secondary N) is 1. The van der Waals surface area contributed by atoms with Gasteiger partial charge in [-0.15, -0.1) is 0 Å². The number of aryl methyl sites for hydroxylation is 1. The van der Waals surface area contributed by atoms with Crippen molar-refractivity contribution < 1.29 is 28.6 Å². The Kier molecular flexibility index (Phi) is 6.98. The number of benzene rings is 1. The van der Waals surface area contributed by atoms with Gasteiger partial charge in [-0.2, -0.15) is 0 Å². The molecule has 0 saturated carbocycles. The Morgan fingerprint density at radius 1 is 1.14 bits per heavy atom. The normalized spacial score (nSPS) is 11.6. The van der Waals surface area contributed by atoms with Crippen LogP contribution in [0.5, 0.6) is 11.5 Å². The standard InChI is InChI=1S/C21H25NO6/c1-6-26-17-10-15(11-23)8-9-16(17)28-14(5)20(24)19-12(3)18(13(4)22-19)21(25)27-7-2/h8-11,14,22H,6-7H2,1-5H3/t14-/m1/s1. The first-order valence-electron chi connectivity index (χ1n) is 9.13. The van der Waals surface area contributed by atoms with Gasteiger partial charge in [-0.3, -0.25) is 9.59 Å². The SMILES string of the molecule is CCOC(=O)c1c(C)[nH]c(C(=O)[C@@H](C)Oc2ccc(C=O)cc2OCC)c1C. The van der Waals surface area contributed by atoms with Gasteiger partial charge in [0.15, 0.2) is 17.6 Å². The van der Waals surface area contributed by atoms with Crippen molar-refractivity contribution in [3.63, 3.8) is 0 Å². The largest absolute Gasteiger partial charge is 0.490 e. The Morgan fingerprint density at radius 2 is 1.86 bits per heavy atom. The summed E-state index contributed by atoms with van der Waals surface area (Å²) in [4.78, 5) is 39.0. The molecule has 150 valence electrons. The second-order valence-corrected chi connectivity index (χ2v) is 6.23. The van der Waals surface area contributed by atoms with E-state index in [4.69, 9.17) is 14.2 Å². The molecule has 0 amide bonds. The molecule has 0 aliphatic carbocycles. The van der Waals surface area contributed by atoms with Crippen molar-refractivity contribution in [3.8, 4) is 11.5 Å². The van der Waals surface area contributed by atoms with Crippen LogP contribution in [0.3, 0.4) is 0 Å². The van der Waals surface area contributed by atoms with E-state index in [-0.39, 0.29) is 12.4 Å². The molecule has 1 atom stereocenters. The summed E-state index contributed by atoms with van der Waals surface area (Å²) < 4.78 is 16.4. The lowest BCUT2D eigenvalue weighted by Crippen LogP contribution is -2.25. The maximum Gasteiger partial charge on any atom is 0.340 e. The highest BCUT2D eigenvalue weighted by atomic mass is 16.5. The monoisotopic (exact) mass is 387 g/mol. The van der Waals surface area contributed by atoms with Crippen LogP contribution in [0.4, 0.5) is 0 Å². The number of H-pyrrole nitrogens is 1. The first-order valence-corrected chi connectivity index (χ1v) is 9.13. The smallest absolute Gasteiger partial charge is 0.340 e. The van der Waals surface area contributed by atoms with E-state index in [1.165, 1.54) is 0 Å². The third kappa shape index (κ3) is 4.42. The quantitative estimate of drug-likeness (QED) is 0.401. The van der Waals surface area contributed by atoms with E-state index in [9.17, 15) is 14.4 Å². The zero-order valence-corrected chi connectivity index (χ0v) is 16.8. The number of aromatic nitrogens is 1. The summed E-state index contributed by atoms with van der Waals surface area (Å²) in [6.45, 7) is 9.21. The Hall–Kier alpha value is -3.09. The van der Waals surface area contributed by atoms with E-state index < -0.39 is 12.1 Å². The lowest BCUT2D eigenvalue weighted by molar-refractivity contribution is 0.0525. The van der Waals surface area contributed by atoms with Crippen molar-refractivity contribution in [2.75, 3.05) is 13.2 Å². The van der Waals surface area contributed by atoms with Gasteiger partial charge in [0.25, 0.3) is 0 Å². The van der Waals surface area contributed by atoms with Gasteiger partial charge in [0.1, 0.15) is 6.29 Å². The van der Waals surface area contributed by atoms with Crippen molar-refractivity contribution in [3.05, 3.63) is 46.3 Å². The minimum Gasteiger partial charge on any atom is -0.490 e. The van der Waals surface area contributed by atoms with Gasteiger partial charge in [0.2, 0.25) is 5.78 Å². The molecule has 0 spiro atoms. The average Bonchev–Trinajstić information content (AvgIpc) is 2.97. The number of esters is 1. The molecule has 0 saturated heterocycles. The lowest BCUT2D eigenvalue weighted by Gasteiger charge is -2.17. The number of Topliss-reactive ketones (excluding diaryl/α,β-unsaturated/α-hetero) is 1. The van der Waals surface area contributed by atoms with Crippen molar-refractivity contribution in [2.45, 2.75) is 40.7 Å². The number of hydrogen-bond donors (Lipinski definition) is 1. The minimum atomic E-state index is -0.840. The predicted molar refractivity (Wildman–Crippen MR) is 104 cm³/mol. The molecule has 1 heterocycles. The maximum atomic E-state index is 12.9. The molecule has 0 unspecified atom stereocenters. The third-order valence-corrected chi connectivity index (χ3v) is 4.24. The molecule has 1 aromatic carbocycles. The van der Waals surface area contributed by atoms with Crippen molar-refractivity contribution >= 4 is 18.0 Å². The molecule has 1 aromatic heterocycles. The van der Waals surface area contributed by atoms with Crippen LogP contribution in [0, 0.1) is 13.8 Å². The highest BCUT2D eigenvalue weighted by Crippen LogP contribution is 2.30. The number of ketones is 1. The first-order chi connectivity index (χ1) is 13.3.